The first-order valence-electron chi connectivity index (χ1n) is 15.6. The zero-order valence-corrected chi connectivity index (χ0v) is 28.5. The van der Waals surface area contributed by atoms with Crippen molar-refractivity contribution < 1.29 is 12.8 Å². The van der Waals surface area contributed by atoms with E-state index in [-0.39, 0.29) is 4.90 Å². The predicted octanol–water partition coefficient (Wildman–Crippen LogP) is 11.0. The number of aryl methyl sites for hydroxylation is 1. The summed E-state index contributed by atoms with van der Waals surface area (Å²) in [6.45, 7) is 1.93. The number of fused-ring (bicyclic) bond motifs is 1. The van der Waals surface area contributed by atoms with Crippen molar-refractivity contribution in [1.29, 1.82) is 0 Å². The number of para-hydroxylation sites is 1. The first-order valence-corrected chi connectivity index (χ1v) is 18.3. The van der Waals surface area contributed by atoms with E-state index >= 15 is 0 Å². The number of thioether (sulfide) groups is 1. The van der Waals surface area contributed by atoms with Crippen molar-refractivity contribution in [2.45, 2.75) is 21.8 Å². The van der Waals surface area contributed by atoms with Crippen LogP contribution in [0.3, 0.4) is 0 Å². The summed E-state index contributed by atoms with van der Waals surface area (Å²) in [5.74, 6) is 0.478. The van der Waals surface area contributed by atoms with E-state index in [1.165, 1.54) is 0 Å². The summed E-state index contributed by atoms with van der Waals surface area (Å²) in [5, 5.41) is 0.716. The zero-order chi connectivity index (χ0) is 33.1. The maximum absolute atomic E-state index is 14.0. The lowest BCUT2D eigenvalue weighted by Crippen LogP contribution is -2.27. The van der Waals surface area contributed by atoms with E-state index in [0.717, 1.165) is 27.8 Å². The van der Waals surface area contributed by atoms with Crippen LogP contribution in [-0.4, -0.2) is 8.42 Å². The van der Waals surface area contributed by atoms with Crippen LogP contribution in [0.5, 0.6) is 0 Å². The van der Waals surface area contributed by atoms with Gasteiger partial charge in [0.05, 0.1) is 20.6 Å². The van der Waals surface area contributed by atoms with Crippen LogP contribution in [0.25, 0.3) is 11.0 Å². The SMILES string of the molecule is Cc1ccc(S(=O)(=O)Nc2c(C(SC(c3ccccc3)(c3ccccc3)c3ccccc3)c3cccc(Cl)c3)oc3ccccc23)cc1. The van der Waals surface area contributed by atoms with E-state index in [0.29, 0.717) is 27.4 Å². The summed E-state index contributed by atoms with van der Waals surface area (Å²) in [6.07, 6.45) is 0. The molecule has 6 aromatic carbocycles. The minimum atomic E-state index is -3.98. The van der Waals surface area contributed by atoms with Crippen LogP contribution in [0, 0.1) is 6.92 Å². The lowest BCUT2D eigenvalue weighted by Gasteiger charge is -2.38. The minimum absolute atomic E-state index is 0.170. The van der Waals surface area contributed by atoms with Crippen LogP contribution in [0.1, 0.15) is 38.8 Å². The van der Waals surface area contributed by atoms with Gasteiger partial charge in [-0.2, -0.15) is 0 Å². The number of halogens is 1. The van der Waals surface area contributed by atoms with Crippen molar-refractivity contribution >= 4 is 50.0 Å². The predicted molar refractivity (Wildman–Crippen MR) is 198 cm³/mol. The number of hydrogen-bond donors (Lipinski definition) is 1. The molecule has 0 amide bonds. The zero-order valence-electron chi connectivity index (χ0n) is 26.1. The third-order valence-electron chi connectivity index (χ3n) is 8.42. The quantitative estimate of drug-likeness (QED) is 0.146. The molecule has 1 atom stereocenters. The molecule has 0 bridgehead atoms. The highest BCUT2D eigenvalue weighted by molar-refractivity contribution is 8.01. The number of furan rings is 1. The van der Waals surface area contributed by atoms with Gasteiger partial charge in [-0.05, 0) is 65.6 Å². The molecule has 0 fully saturated rings. The minimum Gasteiger partial charge on any atom is -0.457 e. The normalized spacial score (nSPS) is 12.5. The Morgan fingerprint density at radius 1 is 0.667 bits per heavy atom. The van der Waals surface area contributed by atoms with Gasteiger partial charge in [0.15, 0.2) is 0 Å². The van der Waals surface area contributed by atoms with E-state index in [2.05, 4.69) is 41.1 Å². The Hall–Kier alpha value is -4.75. The van der Waals surface area contributed by atoms with Crippen LogP contribution < -0.4 is 4.72 Å². The van der Waals surface area contributed by atoms with Gasteiger partial charge in [0, 0.05) is 10.4 Å². The Bertz CT molecular complexity index is 2180. The smallest absolute Gasteiger partial charge is 0.262 e. The first kappa shape index (κ1) is 31.8. The molecule has 48 heavy (non-hydrogen) atoms. The monoisotopic (exact) mass is 685 g/mol. The van der Waals surface area contributed by atoms with Crippen molar-refractivity contribution in [3.8, 4) is 0 Å². The number of nitrogens with one attached hydrogen (secondary N) is 1. The van der Waals surface area contributed by atoms with Crippen molar-refractivity contribution in [3.05, 3.63) is 202 Å². The lowest BCUT2D eigenvalue weighted by atomic mass is 9.84. The molecular weight excluding hydrogens is 654 g/mol. The topological polar surface area (TPSA) is 59.3 Å². The molecule has 1 N–H and O–H groups in total. The number of hydrogen-bond acceptors (Lipinski definition) is 4. The molecular formula is C41H32ClNO3S2. The maximum atomic E-state index is 14.0. The van der Waals surface area contributed by atoms with Gasteiger partial charge in [-0.1, -0.05) is 145 Å². The molecule has 7 heteroatoms. The fourth-order valence-corrected chi connectivity index (χ4v) is 9.12. The van der Waals surface area contributed by atoms with Gasteiger partial charge in [-0.3, -0.25) is 4.72 Å². The summed E-state index contributed by atoms with van der Waals surface area (Å²) < 4.78 is 36.9. The van der Waals surface area contributed by atoms with Crippen LogP contribution in [-0.2, 0) is 14.8 Å². The second-order valence-corrected chi connectivity index (χ2v) is 15.0. The highest BCUT2D eigenvalue weighted by Crippen LogP contribution is 2.57. The molecule has 0 spiro atoms. The largest absolute Gasteiger partial charge is 0.457 e. The Kier molecular flexibility index (Phi) is 8.88. The second-order valence-electron chi connectivity index (χ2n) is 11.6. The van der Waals surface area contributed by atoms with E-state index in [4.69, 9.17) is 16.0 Å². The molecule has 238 valence electrons. The van der Waals surface area contributed by atoms with E-state index in [1.807, 2.05) is 110 Å². The second kappa shape index (κ2) is 13.4. The Morgan fingerprint density at radius 3 is 1.77 bits per heavy atom. The van der Waals surface area contributed by atoms with Gasteiger partial charge < -0.3 is 4.42 Å². The van der Waals surface area contributed by atoms with Crippen LogP contribution in [0.15, 0.2) is 173 Å². The highest BCUT2D eigenvalue weighted by atomic mass is 35.5. The summed E-state index contributed by atoms with van der Waals surface area (Å²) in [7, 11) is -3.98. The van der Waals surface area contributed by atoms with Crippen molar-refractivity contribution in [3.63, 3.8) is 0 Å². The fourth-order valence-electron chi connectivity index (χ4n) is 6.11. The van der Waals surface area contributed by atoms with Gasteiger partial charge in [0.2, 0.25) is 0 Å². The van der Waals surface area contributed by atoms with Gasteiger partial charge in [-0.15, -0.1) is 11.8 Å². The molecule has 1 unspecified atom stereocenters. The Morgan fingerprint density at radius 2 is 1.21 bits per heavy atom. The molecule has 0 aliphatic heterocycles. The molecule has 1 heterocycles. The average molecular weight is 686 g/mol. The number of benzene rings is 6. The van der Waals surface area contributed by atoms with Gasteiger partial charge in [0.25, 0.3) is 10.0 Å². The number of anilines is 1. The fraction of sp³-hybridized carbons (Fsp3) is 0.0732. The van der Waals surface area contributed by atoms with Crippen LogP contribution in [0.4, 0.5) is 5.69 Å². The van der Waals surface area contributed by atoms with Gasteiger partial charge >= 0.3 is 0 Å². The molecule has 7 aromatic rings. The van der Waals surface area contributed by atoms with Crippen molar-refractivity contribution in [1.82, 2.24) is 0 Å². The molecule has 4 nitrogen and oxygen atoms in total. The molecule has 0 aliphatic carbocycles. The molecule has 0 radical (unpaired) electrons. The number of sulfonamides is 1. The lowest BCUT2D eigenvalue weighted by molar-refractivity contribution is 0.559. The van der Waals surface area contributed by atoms with Gasteiger partial charge in [0.1, 0.15) is 11.3 Å². The molecule has 1 aromatic heterocycles. The highest BCUT2D eigenvalue weighted by Gasteiger charge is 2.42. The van der Waals surface area contributed by atoms with Crippen molar-refractivity contribution in [2.75, 3.05) is 4.72 Å². The van der Waals surface area contributed by atoms with Gasteiger partial charge in [-0.25, -0.2) is 8.42 Å². The van der Waals surface area contributed by atoms with Crippen molar-refractivity contribution in [2.24, 2.45) is 0 Å². The summed E-state index contributed by atoms with van der Waals surface area (Å²) >= 11 is 8.34. The molecule has 7 rings (SSSR count). The summed E-state index contributed by atoms with van der Waals surface area (Å²) in [4.78, 5) is 0.170. The maximum Gasteiger partial charge on any atom is 0.262 e. The van der Waals surface area contributed by atoms with E-state index in [1.54, 1.807) is 36.0 Å². The Labute approximate surface area is 290 Å². The first-order chi connectivity index (χ1) is 23.3. The number of rotatable bonds is 10. The third-order valence-corrected chi connectivity index (χ3v) is 11.8. The van der Waals surface area contributed by atoms with E-state index in [9.17, 15) is 8.42 Å². The average Bonchev–Trinajstić information content (AvgIpc) is 3.47. The Balaban J connectivity index is 1.50. The molecule has 0 saturated carbocycles. The molecule has 0 aliphatic rings. The summed E-state index contributed by atoms with van der Waals surface area (Å²) in [6, 6.07) is 53.2. The molecule has 0 saturated heterocycles. The van der Waals surface area contributed by atoms with Crippen LogP contribution in [0.2, 0.25) is 5.02 Å². The standard InChI is InChI=1S/C41H32ClNO3S2/c1-29-24-26-35(27-25-29)48(44,45)43-38-36-22-11-12-23-37(36)46-39(38)40(30-14-13-21-34(42)28-30)47-41(31-15-5-2-6-16-31,32-17-7-3-8-18-32)33-19-9-4-10-20-33/h2-28,40,43H,1H3. The van der Waals surface area contributed by atoms with Crippen LogP contribution >= 0.6 is 23.4 Å². The van der Waals surface area contributed by atoms with E-state index < -0.39 is 20.0 Å². The summed E-state index contributed by atoms with van der Waals surface area (Å²) in [5.41, 5.74) is 6.01. The third kappa shape index (κ3) is 6.15.